The highest BCUT2D eigenvalue weighted by atomic mass is 16.5. The Balaban J connectivity index is 2.75. The van der Waals surface area contributed by atoms with E-state index in [1.54, 1.807) is 19.3 Å². The molecule has 0 spiro atoms. The quantitative estimate of drug-likeness (QED) is 0.679. The fraction of sp³-hybridized carbons (Fsp3) is 0.375. The topological polar surface area (TPSA) is 51.5 Å². The zero-order chi connectivity index (χ0) is 8.97. The second-order valence-electron chi connectivity index (χ2n) is 2.39. The molecule has 0 fully saturated rings. The molecule has 0 amide bonds. The molecule has 0 unspecified atom stereocenters. The Hall–Kier alpha value is -1.29. The van der Waals surface area contributed by atoms with Gasteiger partial charge < -0.3 is 14.4 Å². The van der Waals surface area contributed by atoms with Crippen molar-refractivity contribution in [3.63, 3.8) is 0 Å². The summed E-state index contributed by atoms with van der Waals surface area (Å²) in [5.41, 5.74) is -0.0775. The van der Waals surface area contributed by atoms with Crippen molar-refractivity contribution < 1.29 is 9.84 Å². The summed E-state index contributed by atoms with van der Waals surface area (Å²) < 4.78 is 6.50. The van der Waals surface area contributed by atoms with E-state index < -0.39 is 0 Å². The molecule has 0 aliphatic heterocycles. The minimum Gasteiger partial charge on any atom is -0.490 e. The van der Waals surface area contributed by atoms with Gasteiger partial charge in [0.25, 0.3) is 0 Å². The number of pyridine rings is 1. The SMILES string of the molecule is Cn1cc(OCCO)ccc1=O. The second-order valence-corrected chi connectivity index (χ2v) is 2.39. The van der Waals surface area contributed by atoms with Crippen molar-refractivity contribution in [3.8, 4) is 5.75 Å². The molecule has 12 heavy (non-hydrogen) atoms. The van der Waals surface area contributed by atoms with Gasteiger partial charge in [-0.05, 0) is 6.07 Å². The lowest BCUT2D eigenvalue weighted by Crippen LogP contribution is -2.14. The van der Waals surface area contributed by atoms with Crippen LogP contribution in [0.5, 0.6) is 5.75 Å². The normalized spacial score (nSPS) is 9.83. The molecule has 4 heteroatoms. The van der Waals surface area contributed by atoms with E-state index in [1.165, 1.54) is 10.6 Å². The average molecular weight is 169 g/mol. The lowest BCUT2D eigenvalue weighted by molar-refractivity contribution is 0.200. The van der Waals surface area contributed by atoms with Gasteiger partial charge in [0, 0.05) is 19.3 Å². The first-order valence-electron chi connectivity index (χ1n) is 3.64. The van der Waals surface area contributed by atoms with Gasteiger partial charge in [0.2, 0.25) is 5.56 Å². The van der Waals surface area contributed by atoms with E-state index in [1.807, 2.05) is 0 Å². The van der Waals surface area contributed by atoms with Gasteiger partial charge in [0.1, 0.15) is 12.4 Å². The van der Waals surface area contributed by atoms with Gasteiger partial charge in [0.05, 0.1) is 6.61 Å². The number of aliphatic hydroxyl groups is 1. The fourth-order valence-electron chi connectivity index (χ4n) is 0.817. The first-order chi connectivity index (χ1) is 5.74. The van der Waals surface area contributed by atoms with Crippen molar-refractivity contribution in [1.29, 1.82) is 0 Å². The maximum atomic E-state index is 10.9. The lowest BCUT2D eigenvalue weighted by Gasteiger charge is -2.04. The molecule has 1 N–H and O–H groups in total. The summed E-state index contributed by atoms with van der Waals surface area (Å²) in [5, 5.41) is 8.46. The van der Waals surface area contributed by atoms with Crippen molar-refractivity contribution in [3.05, 3.63) is 28.7 Å². The molecule has 1 aromatic heterocycles. The number of nitrogens with zero attached hydrogens (tertiary/aromatic N) is 1. The Bertz CT molecular complexity index is 305. The summed E-state index contributed by atoms with van der Waals surface area (Å²) in [6.45, 7) is 0.223. The van der Waals surface area contributed by atoms with E-state index in [0.29, 0.717) is 5.75 Å². The van der Waals surface area contributed by atoms with Crippen LogP contribution in [0.4, 0.5) is 0 Å². The van der Waals surface area contributed by atoms with Crippen LogP contribution in [0, 0.1) is 0 Å². The third kappa shape index (κ3) is 2.10. The smallest absolute Gasteiger partial charge is 0.250 e. The Morgan fingerprint density at radius 3 is 2.92 bits per heavy atom. The zero-order valence-electron chi connectivity index (χ0n) is 6.86. The number of hydrogen-bond acceptors (Lipinski definition) is 3. The van der Waals surface area contributed by atoms with E-state index in [-0.39, 0.29) is 18.8 Å². The van der Waals surface area contributed by atoms with Crippen LogP contribution < -0.4 is 10.3 Å². The van der Waals surface area contributed by atoms with E-state index in [0.717, 1.165) is 0 Å². The van der Waals surface area contributed by atoms with Gasteiger partial charge >= 0.3 is 0 Å². The Morgan fingerprint density at radius 1 is 1.58 bits per heavy atom. The maximum absolute atomic E-state index is 10.9. The number of aliphatic hydroxyl groups excluding tert-OH is 1. The average Bonchev–Trinajstić information content (AvgIpc) is 2.07. The molecule has 0 radical (unpaired) electrons. The van der Waals surface area contributed by atoms with Gasteiger partial charge in [-0.3, -0.25) is 4.79 Å². The molecule has 1 rings (SSSR count). The summed E-state index contributed by atoms with van der Waals surface area (Å²) in [4.78, 5) is 10.9. The monoisotopic (exact) mass is 169 g/mol. The first-order valence-corrected chi connectivity index (χ1v) is 3.64. The van der Waals surface area contributed by atoms with E-state index in [9.17, 15) is 4.79 Å². The largest absolute Gasteiger partial charge is 0.490 e. The second kappa shape index (κ2) is 3.92. The van der Waals surface area contributed by atoms with Gasteiger partial charge in [-0.25, -0.2) is 0 Å². The summed E-state index contributed by atoms with van der Waals surface area (Å²) in [6, 6.07) is 3.00. The maximum Gasteiger partial charge on any atom is 0.250 e. The number of aromatic nitrogens is 1. The van der Waals surface area contributed by atoms with Gasteiger partial charge in [-0.15, -0.1) is 0 Å². The minimum atomic E-state index is -0.0775. The molecule has 0 bridgehead atoms. The van der Waals surface area contributed by atoms with E-state index >= 15 is 0 Å². The summed E-state index contributed by atoms with van der Waals surface area (Å²) in [6.07, 6.45) is 1.58. The predicted octanol–water partition coefficient (Wildman–Crippen LogP) is -0.244. The van der Waals surface area contributed by atoms with Crippen molar-refractivity contribution in [1.82, 2.24) is 4.57 Å². The molecule has 0 aromatic carbocycles. The molecule has 0 aliphatic carbocycles. The van der Waals surface area contributed by atoms with Crippen molar-refractivity contribution in [2.24, 2.45) is 7.05 Å². The van der Waals surface area contributed by atoms with Crippen LogP contribution in [0.2, 0.25) is 0 Å². The van der Waals surface area contributed by atoms with Crippen LogP contribution in [-0.2, 0) is 7.05 Å². The van der Waals surface area contributed by atoms with Crippen molar-refractivity contribution in [2.75, 3.05) is 13.2 Å². The van der Waals surface area contributed by atoms with Gasteiger partial charge in [-0.2, -0.15) is 0 Å². The number of ether oxygens (including phenoxy) is 1. The molecule has 0 saturated carbocycles. The van der Waals surface area contributed by atoms with Crippen LogP contribution >= 0.6 is 0 Å². The Morgan fingerprint density at radius 2 is 2.33 bits per heavy atom. The molecule has 0 aliphatic rings. The molecule has 1 heterocycles. The van der Waals surface area contributed by atoms with Crippen LogP contribution in [0.25, 0.3) is 0 Å². The van der Waals surface area contributed by atoms with Crippen molar-refractivity contribution in [2.45, 2.75) is 0 Å². The summed E-state index contributed by atoms with van der Waals surface area (Å²) >= 11 is 0. The molecular formula is C8H11NO3. The van der Waals surface area contributed by atoms with Crippen molar-refractivity contribution >= 4 is 0 Å². The third-order valence-electron chi connectivity index (χ3n) is 1.42. The Kier molecular flexibility index (Phi) is 2.88. The molecule has 1 aromatic rings. The van der Waals surface area contributed by atoms with Crippen LogP contribution in [0.1, 0.15) is 0 Å². The van der Waals surface area contributed by atoms with Crippen LogP contribution in [0.3, 0.4) is 0 Å². The van der Waals surface area contributed by atoms with Crippen LogP contribution in [0.15, 0.2) is 23.1 Å². The Labute approximate surface area is 70.0 Å². The third-order valence-corrected chi connectivity index (χ3v) is 1.42. The fourth-order valence-corrected chi connectivity index (χ4v) is 0.817. The highest BCUT2D eigenvalue weighted by Gasteiger charge is 1.94. The standard InChI is InChI=1S/C8H11NO3/c1-9-6-7(12-5-4-10)2-3-8(9)11/h2-3,6,10H,4-5H2,1H3. The van der Waals surface area contributed by atoms with Crippen LogP contribution in [-0.4, -0.2) is 22.9 Å². The molecule has 0 saturated heterocycles. The first kappa shape index (κ1) is 8.80. The number of aryl methyl sites for hydroxylation is 1. The molecule has 4 nitrogen and oxygen atoms in total. The van der Waals surface area contributed by atoms with E-state index in [2.05, 4.69) is 0 Å². The highest BCUT2D eigenvalue weighted by Crippen LogP contribution is 2.04. The molecule has 66 valence electrons. The number of rotatable bonds is 3. The minimum absolute atomic E-state index is 0.0250. The molecule has 0 atom stereocenters. The summed E-state index contributed by atoms with van der Waals surface area (Å²) in [7, 11) is 1.65. The van der Waals surface area contributed by atoms with Gasteiger partial charge in [0.15, 0.2) is 0 Å². The number of hydrogen-bond donors (Lipinski definition) is 1. The predicted molar refractivity (Wildman–Crippen MR) is 44.3 cm³/mol. The van der Waals surface area contributed by atoms with E-state index in [4.69, 9.17) is 9.84 Å². The molecular weight excluding hydrogens is 158 g/mol. The lowest BCUT2D eigenvalue weighted by atomic mass is 10.4. The highest BCUT2D eigenvalue weighted by molar-refractivity contribution is 5.16. The van der Waals surface area contributed by atoms with Gasteiger partial charge in [-0.1, -0.05) is 0 Å². The zero-order valence-corrected chi connectivity index (χ0v) is 6.86. The summed E-state index contributed by atoms with van der Waals surface area (Å²) in [5.74, 6) is 0.589.